The fraction of sp³-hybridized carbons (Fsp3) is 0.235. The summed E-state index contributed by atoms with van der Waals surface area (Å²) < 4.78 is 10.5. The van der Waals surface area contributed by atoms with Crippen LogP contribution in [0, 0.1) is 18.3 Å². The van der Waals surface area contributed by atoms with Gasteiger partial charge in [0.05, 0.1) is 25.5 Å². The van der Waals surface area contributed by atoms with Gasteiger partial charge in [-0.1, -0.05) is 12.1 Å². The highest BCUT2D eigenvalue weighted by atomic mass is 16.5. The maximum Gasteiger partial charge on any atom is 0.142 e. The van der Waals surface area contributed by atoms with E-state index >= 15 is 0 Å². The second-order valence-corrected chi connectivity index (χ2v) is 4.70. The lowest BCUT2D eigenvalue weighted by Gasteiger charge is -2.12. The molecule has 108 valence electrons. The molecule has 0 aromatic heterocycles. The molecule has 0 atom stereocenters. The van der Waals surface area contributed by atoms with E-state index in [1.54, 1.807) is 14.2 Å². The van der Waals surface area contributed by atoms with Crippen molar-refractivity contribution in [1.82, 2.24) is 0 Å². The first kappa shape index (κ1) is 14.7. The van der Waals surface area contributed by atoms with Crippen LogP contribution < -0.4 is 14.8 Å². The average Bonchev–Trinajstić information content (AvgIpc) is 2.53. The molecular weight excluding hydrogens is 264 g/mol. The number of ether oxygens (including phenoxy) is 2. The highest BCUT2D eigenvalue weighted by Gasteiger charge is 2.06. The van der Waals surface area contributed by atoms with Gasteiger partial charge in [0, 0.05) is 6.54 Å². The molecule has 0 unspecified atom stereocenters. The van der Waals surface area contributed by atoms with Crippen LogP contribution in [0.4, 0.5) is 5.69 Å². The SMILES string of the molecule is COc1ccc(CNc2ccc(C)cc2OC)cc1C#N. The van der Waals surface area contributed by atoms with Gasteiger partial charge in [-0.15, -0.1) is 0 Å². The second-order valence-electron chi connectivity index (χ2n) is 4.70. The monoisotopic (exact) mass is 282 g/mol. The van der Waals surface area contributed by atoms with E-state index in [1.165, 1.54) is 0 Å². The fourth-order valence-corrected chi connectivity index (χ4v) is 2.09. The van der Waals surface area contributed by atoms with Gasteiger partial charge >= 0.3 is 0 Å². The van der Waals surface area contributed by atoms with Gasteiger partial charge in [-0.3, -0.25) is 0 Å². The Morgan fingerprint density at radius 2 is 1.81 bits per heavy atom. The van der Waals surface area contributed by atoms with Crippen LogP contribution in [-0.4, -0.2) is 14.2 Å². The zero-order valence-electron chi connectivity index (χ0n) is 12.4. The summed E-state index contributed by atoms with van der Waals surface area (Å²) in [6, 6.07) is 13.7. The van der Waals surface area contributed by atoms with Crippen molar-refractivity contribution in [2.45, 2.75) is 13.5 Å². The number of methoxy groups -OCH3 is 2. The molecule has 0 saturated heterocycles. The molecule has 0 bridgehead atoms. The van der Waals surface area contributed by atoms with Gasteiger partial charge in [0.1, 0.15) is 17.6 Å². The van der Waals surface area contributed by atoms with Crippen LogP contribution in [0.5, 0.6) is 11.5 Å². The van der Waals surface area contributed by atoms with Crippen molar-refractivity contribution >= 4 is 5.69 Å². The summed E-state index contributed by atoms with van der Waals surface area (Å²) in [6.45, 7) is 2.63. The first-order chi connectivity index (χ1) is 10.2. The van der Waals surface area contributed by atoms with Crippen molar-refractivity contribution < 1.29 is 9.47 Å². The van der Waals surface area contributed by atoms with E-state index in [0.29, 0.717) is 17.9 Å². The van der Waals surface area contributed by atoms with Crippen molar-refractivity contribution in [3.63, 3.8) is 0 Å². The summed E-state index contributed by atoms with van der Waals surface area (Å²) in [6.07, 6.45) is 0. The zero-order valence-corrected chi connectivity index (χ0v) is 12.4. The van der Waals surface area contributed by atoms with E-state index < -0.39 is 0 Å². The summed E-state index contributed by atoms with van der Waals surface area (Å²) in [5.74, 6) is 1.40. The molecule has 0 spiro atoms. The van der Waals surface area contributed by atoms with Gasteiger partial charge < -0.3 is 14.8 Å². The molecule has 0 radical (unpaired) electrons. The van der Waals surface area contributed by atoms with E-state index in [9.17, 15) is 0 Å². The van der Waals surface area contributed by atoms with Gasteiger partial charge in [-0.2, -0.15) is 5.26 Å². The van der Waals surface area contributed by atoms with E-state index in [-0.39, 0.29) is 0 Å². The number of anilines is 1. The lowest BCUT2D eigenvalue weighted by atomic mass is 10.1. The quantitative estimate of drug-likeness (QED) is 0.912. The summed E-state index contributed by atoms with van der Waals surface area (Å²) in [5, 5.41) is 12.4. The Morgan fingerprint density at radius 1 is 1.05 bits per heavy atom. The summed E-state index contributed by atoms with van der Waals surface area (Å²) in [4.78, 5) is 0. The van der Waals surface area contributed by atoms with Crippen LogP contribution in [0.2, 0.25) is 0 Å². The second kappa shape index (κ2) is 6.67. The smallest absolute Gasteiger partial charge is 0.142 e. The van der Waals surface area contributed by atoms with Crippen LogP contribution in [0.1, 0.15) is 16.7 Å². The molecular formula is C17H18N2O2. The lowest BCUT2D eigenvalue weighted by Crippen LogP contribution is -2.02. The predicted octanol–water partition coefficient (Wildman–Crippen LogP) is 3.50. The third-order valence-corrected chi connectivity index (χ3v) is 3.22. The largest absolute Gasteiger partial charge is 0.495 e. The number of aryl methyl sites for hydroxylation is 1. The molecule has 0 aliphatic carbocycles. The Balaban J connectivity index is 2.15. The third-order valence-electron chi connectivity index (χ3n) is 3.22. The lowest BCUT2D eigenvalue weighted by molar-refractivity contribution is 0.413. The molecule has 2 rings (SSSR count). The molecule has 0 aliphatic rings. The van der Waals surface area contributed by atoms with Gasteiger partial charge in [-0.05, 0) is 42.3 Å². The summed E-state index contributed by atoms with van der Waals surface area (Å²) >= 11 is 0. The van der Waals surface area contributed by atoms with Crippen molar-refractivity contribution in [3.05, 3.63) is 53.1 Å². The molecule has 0 aliphatic heterocycles. The Morgan fingerprint density at radius 3 is 2.48 bits per heavy atom. The van der Waals surface area contributed by atoms with Crippen LogP contribution in [-0.2, 0) is 6.54 Å². The van der Waals surface area contributed by atoms with Crippen molar-refractivity contribution in [2.75, 3.05) is 19.5 Å². The fourth-order valence-electron chi connectivity index (χ4n) is 2.09. The number of hydrogen-bond acceptors (Lipinski definition) is 4. The summed E-state index contributed by atoms with van der Waals surface area (Å²) in [7, 11) is 3.21. The molecule has 1 N–H and O–H groups in total. The van der Waals surface area contributed by atoms with Crippen molar-refractivity contribution in [1.29, 1.82) is 5.26 Å². The maximum atomic E-state index is 9.10. The average molecular weight is 282 g/mol. The van der Waals surface area contributed by atoms with E-state index in [1.807, 2.05) is 43.3 Å². The minimum Gasteiger partial charge on any atom is -0.495 e. The number of hydrogen-bond donors (Lipinski definition) is 1. The van der Waals surface area contributed by atoms with Gasteiger partial charge in [0.25, 0.3) is 0 Å². The molecule has 0 fully saturated rings. The van der Waals surface area contributed by atoms with Gasteiger partial charge in [-0.25, -0.2) is 0 Å². The minimum atomic E-state index is 0.535. The van der Waals surface area contributed by atoms with E-state index in [4.69, 9.17) is 14.7 Å². The highest BCUT2D eigenvalue weighted by Crippen LogP contribution is 2.26. The maximum absolute atomic E-state index is 9.10. The molecule has 0 heterocycles. The number of benzene rings is 2. The highest BCUT2D eigenvalue weighted by molar-refractivity contribution is 5.58. The topological polar surface area (TPSA) is 54.3 Å². The molecule has 0 amide bonds. The Hall–Kier alpha value is -2.67. The van der Waals surface area contributed by atoms with E-state index in [0.717, 1.165) is 22.6 Å². The zero-order chi connectivity index (χ0) is 15.2. The predicted molar refractivity (Wildman–Crippen MR) is 82.8 cm³/mol. The van der Waals surface area contributed by atoms with Gasteiger partial charge in [0.2, 0.25) is 0 Å². The third kappa shape index (κ3) is 3.46. The molecule has 0 saturated carbocycles. The van der Waals surface area contributed by atoms with Gasteiger partial charge in [0.15, 0.2) is 0 Å². The molecule has 2 aromatic rings. The van der Waals surface area contributed by atoms with Crippen molar-refractivity contribution in [3.8, 4) is 17.6 Å². The molecule has 4 heteroatoms. The molecule has 4 nitrogen and oxygen atoms in total. The van der Waals surface area contributed by atoms with Crippen molar-refractivity contribution in [2.24, 2.45) is 0 Å². The number of rotatable bonds is 5. The molecule has 2 aromatic carbocycles. The molecule has 21 heavy (non-hydrogen) atoms. The van der Waals surface area contributed by atoms with E-state index in [2.05, 4.69) is 11.4 Å². The number of nitrogens with zero attached hydrogens (tertiary/aromatic N) is 1. The number of nitrogens with one attached hydrogen (secondary N) is 1. The first-order valence-electron chi connectivity index (χ1n) is 6.63. The Labute approximate surface area is 124 Å². The van der Waals surface area contributed by atoms with Crippen LogP contribution in [0.15, 0.2) is 36.4 Å². The standard InChI is InChI=1S/C17H18N2O2/c1-12-4-6-15(17(8-12)21-3)19-11-13-5-7-16(20-2)14(9-13)10-18/h4-9,19H,11H2,1-3H3. The Bertz CT molecular complexity index is 675. The van der Waals surface area contributed by atoms with Crippen LogP contribution in [0.25, 0.3) is 0 Å². The Kier molecular flexibility index (Phi) is 4.68. The first-order valence-corrected chi connectivity index (χ1v) is 6.63. The normalized spacial score (nSPS) is 9.81. The summed E-state index contributed by atoms with van der Waals surface area (Å²) in [5.41, 5.74) is 3.62. The van der Waals surface area contributed by atoms with Crippen LogP contribution >= 0.6 is 0 Å². The minimum absolute atomic E-state index is 0.535. The number of nitriles is 1. The van der Waals surface area contributed by atoms with Crippen LogP contribution in [0.3, 0.4) is 0 Å².